The molecule has 2 fully saturated rings. The van der Waals surface area contributed by atoms with Crippen LogP contribution in [0.1, 0.15) is 47.2 Å². The van der Waals surface area contributed by atoms with Crippen molar-refractivity contribution in [2.75, 3.05) is 32.8 Å². The summed E-state index contributed by atoms with van der Waals surface area (Å²) in [6.07, 6.45) is 10.3. The van der Waals surface area contributed by atoms with E-state index in [1.54, 1.807) is 12.4 Å². The maximum atomic E-state index is 13.1. The fourth-order valence-electron chi connectivity index (χ4n) is 5.43. The van der Waals surface area contributed by atoms with Crippen LogP contribution in [0.5, 0.6) is 0 Å². The normalized spacial score (nSPS) is 23.0. The molecular weight excluding hydrogens is 376 g/mol. The van der Waals surface area contributed by atoms with Crippen molar-refractivity contribution in [1.29, 1.82) is 0 Å². The molecule has 5 rings (SSSR count). The molecule has 6 nitrogen and oxygen atoms in total. The van der Waals surface area contributed by atoms with Crippen molar-refractivity contribution in [3.8, 4) is 0 Å². The van der Waals surface area contributed by atoms with E-state index in [1.165, 1.54) is 24.0 Å². The number of nitrogens with zero attached hydrogens (tertiary/aromatic N) is 3. The Morgan fingerprint density at radius 2 is 1.90 bits per heavy atom. The molecule has 6 heteroatoms. The number of aromatic amines is 1. The zero-order valence-electron chi connectivity index (χ0n) is 17.6. The first-order valence-corrected chi connectivity index (χ1v) is 11.5. The molecule has 1 atom stereocenters. The minimum absolute atomic E-state index is 0.0768. The van der Waals surface area contributed by atoms with Crippen LogP contribution in [0.15, 0.2) is 36.7 Å². The summed E-state index contributed by atoms with van der Waals surface area (Å²) in [5.41, 5.74) is 3.70. The number of hydrogen-bond acceptors (Lipinski definition) is 4. The number of H-pyrrole nitrogens is 1. The van der Waals surface area contributed by atoms with E-state index in [-0.39, 0.29) is 12.0 Å². The largest absolute Gasteiger partial charge is 0.376 e. The molecule has 1 aromatic heterocycles. The fourth-order valence-corrected chi connectivity index (χ4v) is 5.43. The van der Waals surface area contributed by atoms with Crippen LogP contribution in [0.4, 0.5) is 0 Å². The summed E-state index contributed by atoms with van der Waals surface area (Å²) in [6.45, 7) is 4.61. The quantitative estimate of drug-likeness (QED) is 0.798. The number of amides is 1. The molecule has 2 aromatic rings. The van der Waals surface area contributed by atoms with Crippen LogP contribution in [0.3, 0.4) is 0 Å². The van der Waals surface area contributed by atoms with Gasteiger partial charge in [0.25, 0.3) is 5.91 Å². The molecule has 1 aromatic carbocycles. The zero-order chi connectivity index (χ0) is 20.3. The second-order valence-electron chi connectivity index (χ2n) is 9.14. The number of hydrogen-bond donors (Lipinski definition) is 1. The lowest BCUT2D eigenvalue weighted by atomic mass is 9.94. The van der Waals surface area contributed by atoms with Gasteiger partial charge in [0.05, 0.1) is 17.9 Å². The summed E-state index contributed by atoms with van der Waals surface area (Å²) in [5, 5.41) is 6.74. The van der Waals surface area contributed by atoms with Gasteiger partial charge in [0.1, 0.15) is 0 Å². The highest BCUT2D eigenvalue weighted by Crippen LogP contribution is 2.29. The molecule has 1 amide bonds. The molecule has 160 valence electrons. The molecule has 0 unspecified atom stereocenters. The fraction of sp³-hybridized carbons (Fsp3) is 0.583. The monoisotopic (exact) mass is 408 g/mol. The summed E-state index contributed by atoms with van der Waals surface area (Å²) in [6, 6.07) is 9.54. The number of piperidine rings is 1. The van der Waals surface area contributed by atoms with Gasteiger partial charge in [-0.25, -0.2) is 0 Å². The first kappa shape index (κ1) is 19.8. The molecule has 0 spiro atoms. The van der Waals surface area contributed by atoms with Gasteiger partial charge in [0.2, 0.25) is 0 Å². The van der Waals surface area contributed by atoms with Gasteiger partial charge < -0.3 is 9.64 Å². The highest BCUT2D eigenvalue weighted by atomic mass is 16.5. The summed E-state index contributed by atoms with van der Waals surface area (Å²) in [7, 11) is 0. The van der Waals surface area contributed by atoms with Crippen LogP contribution in [-0.2, 0) is 17.6 Å². The Bertz CT molecular complexity index is 814. The van der Waals surface area contributed by atoms with Crippen LogP contribution >= 0.6 is 0 Å². The highest BCUT2D eigenvalue weighted by Gasteiger charge is 2.32. The molecule has 0 radical (unpaired) electrons. The lowest BCUT2D eigenvalue weighted by Crippen LogP contribution is -2.46. The van der Waals surface area contributed by atoms with Gasteiger partial charge in [0, 0.05) is 31.9 Å². The van der Waals surface area contributed by atoms with E-state index in [0.717, 1.165) is 51.9 Å². The second kappa shape index (κ2) is 8.90. The van der Waals surface area contributed by atoms with Gasteiger partial charge in [-0.15, -0.1) is 0 Å². The molecule has 2 aliphatic heterocycles. The molecule has 0 bridgehead atoms. The van der Waals surface area contributed by atoms with Crippen LogP contribution in [0.2, 0.25) is 0 Å². The van der Waals surface area contributed by atoms with E-state index in [4.69, 9.17) is 4.74 Å². The number of benzene rings is 1. The van der Waals surface area contributed by atoms with E-state index in [1.807, 2.05) is 4.90 Å². The maximum Gasteiger partial charge on any atom is 0.257 e. The van der Waals surface area contributed by atoms with Gasteiger partial charge in [-0.1, -0.05) is 24.3 Å². The first-order chi connectivity index (χ1) is 14.8. The zero-order valence-corrected chi connectivity index (χ0v) is 17.6. The average molecular weight is 409 g/mol. The number of rotatable bonds is 6. The van der Waals surface area contributed by atoms with Crippen LogP contribution < -0.4 is 0 Å². The third-order valence-electron chi connectivity index (χ3n) is 7.15. The van der Waals surface area contributed by atoms with E-state index >= 15 is 0 Å². The number of likely N-dealkylation sites (tertiary alicyclic amines) is 1. The number of fused-ring (bicyclic) bond motifs is 1. The summed E-state index contributed by atoms with van der Waals surface area (Å²) in [5.74, 6) is 0.634. The minimum atomic E-state index is 0.0768. The Balaban J connectivity index is 1.17. The van der Waals surface area contributed by atoms with Gasteiger partial charge in [-0.2, -0.15) is 5.10 Å². The van der Waals surface area contributed by atoms with Crippen molar-refractivity contribution >= 4 is 5.91 Å². The summed E-state index contributed by atoms with van der Waals surface area (Å²) in [4.78, 5) is 17.8. The molecule has 0 saturated carbocycles. The number of carbonyl (C=O) groups is 1. The lowest BCUT2D eigenvalue weighted by molar-refractivity contribution is 0.0430. The second-order valence-corrected chi connectivity index (χ2v) is 9.14. The van der Waals surface area contributed by atoms with Crippen molar-refractivity contribution in [2.24, 2.45) is 5.92 Å². The lowest BCUT2D eigenvalue weighted by Gasteiger charge is -2.38. The Morgan fingerprint density at radius 3 is 2.53 bits per heavy atom. The Morgan fingerprint density at radius 1 is 1.13 bits per heavy atom. The molecule has 1 N–H and O–H groups in total. The predicted octanol–water partition coefficient (Wildman–Crippen LogP) is 2.91. The van der Waals surface area contributed by atoms with E-state index in [0.29, 0.717) is 24.1 Å². The van der Waals surface area contributed by atoms with Crippen molar-refractivity contribution in [3.63, 3.8) is 0 Å². The van der Waals surface area contributed by atoms with Gasteiger partial charge >= 0.3 is 0 Å². The summed E-state index contributed by atoms with van der Waals surface area (Å²) < 4.78 is 5.83. The molecule has 3 heterocycles. The SMILES string of the molecule is O=C(c1cn[nH]c1)N(CC1CCN(C2Cc3ccccc3C2)CC1)C[C@H]1CCCO1. The predicted molar refractivity (Wildman–Crippen MR) is 115 cm³/mol. The molecule has 2 saturated heterocycles. The van der Waals surface area contributed by atoms with Crippen molar-refractivity contribution in [2.45, 2.75) is 50.7 Å². The topological polar surface area (TPSA) is 61.5 Å². The Kier molecular flexibility index (Phi) is 5.86. The Hall–Kier alpha value is -2.18. The standard InChI is InChI=1S/C24H32N4O2/c29-24(21-14-25-26-15-21)28(17-23-6-3-11-30-23)16-18-7-9-27(10-8-18)22-12-19-4-1-2-5-20(19)13-22/h1-2,4-5,14-15,18,22-23H,3,6-13,16-17H2,(H,25,26)/t23-/m1/s1. The van der Waals surface area contributed by atoms with Crippen LogP contribution in [0, 0.1) is 5.92 Å². The number of aromatic nitrogens is 2. The van der Waals surface area contributed by atoms with E-state index < -0.39 is 0 Å². The first-order valence-electron chi connectivity index (χ1n) is 11.5. The molecule has 1 aliphatic carbocycles. The number of ether oxygens (including phenoxy) is 1. The third-order valence-corrected chi connectivity index (χ3v) is 7.15. The van der Waals surface area contributed by atoms with Crippen molar-refractivity contribution in [3.05, 3.63) is 53.3 Å². The van der Waals surface area contributed by atoms with Crippen molar-refractivity contribution < 1.29 is 9.53 Å². The number of carbonyl (C=O) groups excluding carboxylic acids is 1. The molecule has 3 aliphatic rings. The van der Waals surface area contributed by atoms with Crippen LogP contribution in [0.25, 0.3) is 0 Å². The average Bonchev–Trinajstić information content (AvgIpc) is 3.54. The number of nitrogens with one attached hydrogen (secondary N) is 1. The summed E-state index contributed by atoms with van der Waals surface area (Å²) >= 11 is 0. The van der Waals surface area contributed by atoms with Gasteiger partial charge in [0.15, 0.2) is 0 Å². The highest BCUT2D eigenvalue weighted by molar-refractivity contribution is 5.93. The van der Waals surface area contributed by atoms with E-state index in [9.17, 15) is 4.79 Å². The Labute approximate surface area is 178 Å². The smallest absolute Gasteiger partial charge is 0.257 e. The molecule has 30 heavy (non-hydrogen) atoms. The van der Waals surface area contributed by atoms with E-state index in [2.05, 4.69) is 39.4 Å². The van der Waals surface area contributed by atoms with Crippen molar-refractivity contribution in [1.82, 2.24) is 20.0 Å². The molecular formula is C24H32N4O2. The third kappa shape index (κ3) is 4.30. The maximum absolute atomic E-state index is 13.1. The van der Waals surface area contributed by atoms with Gasteiger partial charge in [-0.05, 0) is 68.7 Å². The van der Waals surface area contributed by atoms with Gasteiger partial charge in [-0.3, -0.25) is 14.8 Å². The minimum Gasteiger partial charge on any atom is -0.376 e. The van der Waals surface area contributed by atoms with Crippen LogP contribution in [-0.4, -0.2) is 70.8 Å².